The Morgan fingerprint density at radius 3 is 2.33 bits per heavy atom. The van der Waals surface area contributed by atoms with E-state index in [2.05, 4.69) is 45.9 Å². The Balaban J connectivity index is 2.35. The molecule has 1 aliphatic rings. The van der Waals surface area contributed by atoms with Crippen molar-refractivity contribution in [2.45, 2.75) is 58.8 Å². The van der Waals surface area contributed by atoms with Crippen LogP contribution in [0.4, 0.5) is 0 Å². The summed E-state index contributed by atoms with van der Waals surface area (Å²) in [4.78, 5) is 0. The Hall–Kier alpha value is -0.980. The molecule has 1 aromatic carbocycles. The molecule has 0 aliphatic heterocycles. The molecule has 2 rings (SSSR count). The van der Waals surface area contributed by atoms with E-state index >= 15 is 0 Å². The van der Waals surface area contributed by atoms with Gasteiger partial charge in [0.2, 0.25) is 0 Å². The van der Waals surface area contributed by atoms with Crippen molar-refractivity contribution in [2.24, 2.45) is 5.92 Å². The molecule has 1 aliphatic carbocycles. The maximum absolute atomic E-state index is 5.97. The normalized spacial score (nSPS) is 17.6. The maximum Gasteiger partial charge on any atom is 0.126 e. The first-order valence-electron chi connectivity index (χ1n) is 7.40. The lowest BCUT2D eigenvalue weighted by molar-refractivity contribution is 0.262. The molecule has 0 aromatic heterocycles. The van der Waals surface area contributed by atoms with Gasteiger partial charge in [0.05, 0.1) is 6.61 Å². The van der Waals surface area contributed by atoms with E-state index in [9.17, 15) is 0 Å². The topological polar surface area (TPSA) is 9.23 Å². The van der Waals surface area contributed by atoms with E-state index in [0.717, 1.165) is 18.3 Å². The highest BCUT2D eigenvalue weighted by molar-refractivity contribution is 5.45. The molecular formula is C17H26O. The Labute approximate surface area is 112 Å². The third-order valence-corrected chi connectivity index (χ3v) is 4.33. The Morgan fingerprint density at radius 2 is 1.83 bits per heavy atom. The predicted molar refractivity (Wildman–Crippen MR) is 77.5 cm³/mol. The Morgan fingerprint density at radius 1 is 1.17 bits per heavy atom. The zero-order chi connectivity index (χ0) is 13.1. The summed E-state index contributed by atoms with van der Waals surface area (Å²) in [5.74, 6) is 3.19. The molecular weight excluding hydrogens is 220 g/mol. The van der Waals surface area contributed by atoms with E-state index in [1.54, 1.807) is 0 Å². The van der Waals surface area contributed by atoms with E-state index in [1.165, 1.54) is 30.4 Å². The summed E-state index contributed by atoms with van der Waals surface area (Å²) < 4.78 is 5.97. The molecule has 0 bridgehead atoms. The lowest BCUT2D eigenvalue weighted by atomic mass is 9.73. The molecule has 18 heavy (non-hydrogen) atoms. The largest absolute Gasteiger partial charge is 0.493 e. The van der Waals surface area contributed by atoms with Gasteiger partial charge in [-0.2, -0.15) is 0 Å². The van der Waals surface area contributed by atoms with Gasteiger partial charge in [0, 0.05) is 0 Å². The quantitative estimate of drug-likeness (QED) is 0.701. The molecule has 0 amide bonds. The second kappa shape index (κ2) is 5.77. The fourth-order valence-electron chi connectivity index (χ4n) is 2.89. The fraction of sp³-hybridized carbons (Fsp3) is 0.647. The molecule has 0 unspecified atom stereocenters. The van der Waals surface area contributed by atoms with Gasteiger partial charge in [0.25, 0.3) is 0 Å². The molecule has 0 saturated heterocycles. The van der Waals surface area contributed by atoms with Crippen LogP contribution in [-0.4, -0.2) is 6.61 Å². The molecule has 1 saturated carbocycles. The number of hydrogen-bond donors (Lipinski definition) is 0. The van der Waals surface area contributed by atoms with E-state index in [4.69, 9.17) is 4.74 Å². The van der Waals surface area contributed by atoms with Gasteiger partial charge < -0.3 is 4.74 Å². The van der Waals surface area contributed by atoms with E-state index < -0.39 is 0 Å². The summed E-state index contributed by atoms with van der Waals surface area (Å²) in [6, 6.07) is 6.68. The number of rotatable bonds is 5. The van der Waals surface area contributed by atoms with Crippen LogP contribution in [0.25, 0.3) is 0 Å². The molecule has 1 nitrogen and oxygen atoms in total. The third kappa shape index (κ3) is 2.55. The maximum atomic E-state index is 5.97. The first-order valence-corrected chi connectivity index (χ1v) is 7.40. The van der Waals surface area contributed by atoms with Gasteiger partial charge in [-0.25, -0.2) is 0 Å². The van der Waals surface area contributed by atoms with E-state index in [0.29, 0.717) is 11.8 Å². The van der Waals surface area contributed by atoms with Crippen LogP contribution in [-0.2, 0) is 0 Å². The van der Waals surface area contributed by atoms with E-state index in [1.807, 2.05) is 0 Å². The van der Waals surface area contributed by atoms with Crippen molar-refractivity contribution in [3.63, 3.8) is 0 Å². The Kier molecular flexibility index (Phi) is 4.31. The summed E-state index contributed by atoms with van der Waals surface area (Å²) in [6.45, 7) is 9.69. The first kappa shape index (κ1) is 13.5. The van der Waals surface area contributed by atoms with Gasteiger partial charge >= 0.3 is 0 Å². The SMILES string of the molecule is CCOc1c(C(C)C)cccc1[C@@H](C)C1CCC1. The molecule has 0 spiro atoms. The van der Waals surface area contributed by atoms with Gasteiger partial charge in [-0.3, -0.25) is 0 Å². The molecule has 1 fully saturated rings. The lowest BCUT2D eigenvalue weighted by Gasteiger charge is -2.33. The Bertz CT molecular complexity index is 391. The first-order chi connectivity index (χ1) is 8.65. The number of benzene rings is 1. The third-order valence-electron chi connectivity index (χ3n) is 4.33. The molecule has 1 heteroatoms. The second-order valence-electron chi connectivity index (χ2n) is 5.83. The van der Waals surface area contributed by atoms with Crippen molar-refractivity contribution in [1.29, 1.82) is 0 Å². The second-order valence-corrected chi connectivity index (χ2v) is 5.83. The highest BCUT2D eigenvalue weighted by Gasteiger charge is 2.28. The fourth-order valence-corrected chi connectivity index (χ4v) is 2.89. The standard InChI is InChI=1S/C17H26O/c1-5-18-17-15(12(2)3)10-7-11-16(17)13(4)14-8-6-9-14/h7,10-14H,5-6,8-9H2,1-4H3/t13-/m0/s1. The van der Waals surface area contributed by atoms with Crippen LogP contribution in [0, 0.1) is 5.92 Å². The van der Waals surface area contributed by atoms with Crippen LogP contribution in [0.1, 0.15) is 69.9 Å². The van der Waals surface area contributed by atoms with Crippen LogP contribution >= 0.6 is 0 Å². The summed E-state index contributed by atoms with van der Waals surface area (Å²) in [5.41, 5.74) is 2.79. The van der Waals surface area contributed by atoms with Gasteiger partial charge in [0.1, 0.15) is 5.75 Å². The number of para-hydroxylation sites is 1. The van der Waals surface area contributed by atoms with Crippen molar-refractivity contribution in [3.05, 3.63) is 29.3 Å². The molecule has 0 heterocycles. The smallest absolute Gasteiger partial charge is 0.126 e. The van der Waals surface area contributed by atoms with Gasteiger partial charge in [-0.05, 0) is 48.6 Å². The molecule has 1 aromatic rings. The minimum absolute atomic E-state index is 0.528. The van der Waals surface area contributed by atoms with Crippen molar-refractivity contribution in [2.75, 3.05) is 6.61 Å². The molecule has 0 N–H and O–H groups in total. The summed E-state index contributed by atoms with van der Waals surface area (Å²) in [7, 11) is 0. The van der Waals surface area contributed by atoms with Crippen molar-refractivity contribution in [3.8, 4) is 5.75 Å². The average Bonchev–Trinajstić information content (AvgIpc) is 2.26. The predicted octanol–water partition coefficient (Wildman–Crippen LogP) is 5.11. The molecule has 100 valence electrons. The van der Waals surface area contributed by atoms with Crippen molar-refractivity contribution >= 4 is 0 Å². The van der Waals surface area contributed by atoms with Crippen LogP contribution in [0.3, 0.4) is 0 Å². The summed E-state index contributed by atoms with van der Waals surface area (Å²) in [6.07, 6.45) is 4.18. The van der Waals surface area contributed by atoms with Gasteiger partial charge in [-0.15, -0.1) is 0 Å². The van der Waals surface area contributed by atoms with Crippen molar-refractivity contribution < 1.29 is 4.74 Å². The summed E-state index contributed by atoms with van der Waals surface area (Å²) >= 11 is 0. The monoisotopic (exact) mass is 246 g/mol. The zero-order valence-corrected chi connectivity index (χ0v) is 12.2. The average molecular weight is 246 g/mol. The number of hydrogen-bond acceptors (Lipinski definition) is 1. The minimum Gasteiger partial charge on any atom is -0.493 e. The summed E-state index contributed by atoms with van der Waals surface area (Å²) in [5, 5.41) is 0. The van der Waals surface area contributed by atoms with Gasteiger partial charge in [-0.1, -0.05) is 45.4 Å². The highest BCUT2D eigenvalue weighted by Crippen LogP contribution is 2.43. The minimum atomic E-state index is 0.528. The van der Waals surface area contributed by atoms with Crippen LogP contribution in [0.15, 0.2) is 18.2 Å². The lowest BCUT2D eigenvalue weighted by Crippen LogP contribution is -2.19. The van der Waals surface area contributed by atoms with E-state index in [-0.39, 0.29) is 0 Å². The molecule has 0 radical (unpaired) electrons. The van der Waals surface area contributed by atoms with Crippen LogP contribution < -0.4 is 4.74 Å². The van der Waals surface area contributed by atoms with Crippen LogP contribution in [0.2, 0.25) is 0 Å². The highest BCUT2D eigenvalue weighted by atomic mass is 16.5. The number of ether oxygens (including phenoxy) is 1. The van der Waals surface area contributed by atoms with Crippen molar-refractivity contribution in [1.82, 2.24) is 0 Å². The van der Waals surface area contributed by atoms with Gasteiger partial charge in [0.15, 0.2) is 0 Å². The van der Waals surface area contributed by atoms with Crippen LogP contribution in [0.5, 0.6) is 5.75 Å². The zero-order valence-electron chi connectivity index (χ0n) is 12.2. The molecule has 1 atom stereocenters.